The van der Waals surface area contributed by atoms with Gasteiger partial charge in [-0.05, 0) is 45.2 Å². The summed E-state index contributed by atoms with van der Waals surface area (Å²) in [6.45, 7) is 8.79. The van der Waals surface area contributed by atoms with Crippen molar-refractivity contribution in [2.24, 2.45) is 0 Å². The summed E-state index contributed by atoms with van der Waals surface area (Å²) in [4.78, 5) is 0. The van der Waals surface area contributed by atoms with Gasteiger partial charge in [-0.15, -0.1) is 0 Å². The Kier molecular flexibility index (Phi) is 4.32. The summed E-state index contributed by atoms with van der Waals surface area (Å²) in [7, 11) is -1.20. The molecule has 0 aromatic heterocycles. The Morgan fingerprint density at radius 2 is 2.06 bits per heavy atom. The van der Waals surface area contributed by atoms with E-state index in [1.807, 2.05) is 12.1 Å². The topological polar surface area (TPSA) is 59.1 Å². The Bertz CT molecular complexity index is 446. The maximum atomic E-state index is 7.33. The largest absolute Gasteiger partial charge is 0.449 e. The van der Waals surface area contributed by atoms with E-state index in [1.54, 1.807) is 6.07 Å². The summed E-state index contributed by atoms with van der Waals surface area (Å²) in [5.41, 5.74) is 7.10. The molecular formula is C14H26N2OS. The van der Waals surface area contributed by atoms with Gasteiger partial charge in [-0.1, -0.05) is 17.2 Å². The summed E-state index contributed by atoms with van der Waals surface area (Å²) in [6, 6.07) is 5.53. The van der Waals surface area contributed by atoms with Crippen LogP contribution in [0, 0.1) is 5.41 Å². The summed E-state index contributed by atoms with van der Waals surface area (Å²) in [6.07, 6.45) is 3.46. The van der Waals surface area contributed by atoms with Gasteiger partial charge in [0.05, 0.1) is 0 Å². The molecule has 0 saturated heterocycles. The summed E-state index contributed by atoms with van der Waals surface area (Å²) in [5.74, 6) is 1.80. The second-order valence-corrected chi connectivity index (χ2v) is 9.40. The van der Waals surface area contributed by atoms with Crippen molar-refractivity contribution in [3.8, 4) is 5.75 Å². The molecule has 0 spiro atoms. The van der Waals surface area contributed by atoms with Crippen molar-refractivity contribution in [3.63, 3.8) is 0 Å². The molecule has 0 radical (unpaired) electrons. The van der Waals surface area contributed by atoms with Crippen LogP contribution in [0.15, 0.2) is 18.2 Å². The number of nitrogens with one attached hydrogen (secondary N) is 1. The highest BCUT2D eigenvalue weighted by Crippen LogP contribution is 2.56. The minimum Gasteiger partial charge on any atom is -0.449 e. The number of anilines is 1. The molecule has 4 heteroatoms. The molecule has 0 fully saturated rings. The van der Waals surface area contributed by atoms with E-state index in [-0.39, 0.29) is 6.17 Å². The number of nitrogen functional groups attached to an aromatic ring is 1. The first-order valence-corrected chi connectivity index (χ1v) is 8.22. The third kappa shape index (κ3) is 2.99. The van der Waals surface area contributed by atoms with Crippen LogP contribution in [-0.4, -0.2) is 23.0 Å². The third-order valence-electron chi connectivity index (χ3n) is 3.34. The molecule has 1 atom stereocenters. The van der Waals surface area contributed by atoms with Crippen LogP contribution in [-0.2, 0) is 0 Å². The van der Waals surface area contributed by atoms with Gasteiger partial charge in [-0.2, -0.15) is 0 Å². The fraction of sp³-hybridized carbons (Fsp3) is 0.500. The molecule has 0 aliphatic heterocycles. The summed E-state index contributed by atoms with van der Waals surface area (Å²) >= 11 is 0. The molecule has 104 valence electrons. The minimum absolute atomic E-state index is 0. The highest BCUT2D eigenvalue weighted by atomic mass is 32.3. The fourth-order valence-electron chi connectivity index (χ4n) is 1.56. The highest BCUT2D eigenvalue weighted by Gasteiger charge is 2.33. The summed E-state index contributed by atoms with van der Waals surface area (Å²) < 4.78 is 6.36. The molecule has 0 saturated carbocycles. The van der Waals surface area contributed by atoms with Gasteiger partial charge in [-0.25, -0.2) is 0 Å². The first-order chi connectivity index (χ1) is 8.23. The molecule has 0 heterocycles. The van der Waals surface area contributed by atoms with Gasteiger partial charge in [0, 0.05) is 29.4 Å². The van der Waals surface area contributed by atoms with Crippen molar-refractivity contribution >= 4 is 22.2 Å². The third-order valence-corrected chi connectivity index (χ3v) is 7.59. The Morgan fingerprint density at radius 1 is 1.44 bits per heavy atom. The van der Waals surface area contributed by atoms with Crippen LogP contribution in [0.25, 0.3) is 0 Å². The maximum Gasteiger partial charge on any atom is 0.135 e. The van der Waals surface area contributed by atoms with Crippen molar-refractivity contribution < 1.29 is 5.61 Å². The lowest BCUT2D eigenvalue weighted by atomic mass is 10.2. The van der Waals surface area contributed by atoms with E-state index in [1.165, 1.54) is 6.21 Å². The molecule has 18 heavy (non-hydrogen) atoms. The van der Waals surface area contributed by atoms with Crippen molar-refractivity contribution in [2.45, 2.75) is 32.4 Å². The van der Waals surface area contributed by atoms with E-state index in [9.17, 15) is 0 Å². The van der Waals surface area contributed by atoms with Gasteiger partial charge in [0.25, 0.3) is 0 Å². The SMILES string of the molecule is CCS(C)(Oc1ccc(N)c(C=N)c1)C(C)(C)C.[HH]. The average Bonchev–Trinajstić information content (AvgIpc) is 2.30. The molecule has 0 amide bonds. The van der Waals surface area contributed by atoms with Crippen LogP contribution in [0.5, 0.6) is 5.75 Å². The molecule has 1 aromatic carbocycles. The molecular weight excluding hydrogens is 244 g/mol. The van der Waals surface area contributed by atoms with Crippen molar-refractivity contribution in [3.05, 3.63) is 23.8 Å². The van der Waals surface area contributed by atoms with E-state index >= 15 is 0 Å². The monoisotopic (exact) mass is 270 g/mol. The van der Waals surface area contributed by atoms with E-state index in [2.05, 4.69) is 34.0 Å². The number of hydrogen-bond acceptors (Lipinski definition) is 3. The second kappa shape index (κ2) is 5.22. The van der Waals surface area contributed by atoms with E-state index in [0.717, 1.165) is 11.5 Å². The second-order valence-electron chi connectivity index (χ2n) is 5.42. The number of nitrogens with two attached hydrogens (primary N) is 1. The van der Waals surface area contributed by atoms with Crippen LogP contribution in [0.3, 0.4) is 0 Å². The molecule has 3 N–H and O–H groups in total. The van der Waals surface area contributed by atoms with Crippen molar-refractivity contribution in [1.29, 1.82) is 5.41 Å². The van der Waals surface area contributed by atoms with Gasteiger partial charge in [0.15, 0.2) is 0 Å². The van der Waals surface area contributed by atoms with Gasteiger partial charge in [-0.3, -0.25) is 0 Å². The van der Waals surface area contributed by atoms with E-state index in [0.29, 0.717) is 11.3 Å². The van der Waals surface area contributed by atoms with Crippen molar-refractivity contribution in [2.75, 3.05) is 17.7 Å². The van der Waals surface area contributed by atoms with Crippen LogP contribution in [0.1, 0.15) is 34.7 Å². The molecule has 0 aliphatic carbocycles. The zero-order valence-corrected chi connectivity index (χ0v) is 12.7. The molecule has 0 bridgehead atoms. The van der Waals surface area contributed by atoms with Gasteiger partial charge in [0.2, 0.25) is 0 Å². The van der Waals surface area contributed by atoms with Gasteiger partial charge < -0.3 is 15.3 Å². The van der Waals surface area contributed by atoms with Crippen LogP contribution in [0.2, 0.25) is 0 Å². The predicted molar refractivity (Wildman–Crippen MR) is 85.3 cm³/mol. The first kappa shape index (κ1) is 14.9. The lowest BCUT2D eigenvalue weighted by Crippen LogP contribution is -2.29. The Balaban J connectivity index is 0.00000324. The number of benzene rings is 1. The molecule has 1 aromatic rings. The smallest absolute Gasteiger partial charge is 0.135 e. The maximum absolute atomic E-state index is 7.33. The minimum atomic E-state index is -1.20. The quantitative estimate of drug-likeness (QED) is 0.640. The zero-order valence-electron chi connectivity index (χ0n) is 11.9. The first-order valence-electron chi connectivity index (χ1n) is 6.08. The van der Waals surface area contributed by atoms with Crippen LogP contribution >= 0.6 is 10.3 Å². The van der Waals surface area contributed by atoms with E-state index in [4.69, 9.17) is 15.3 Å². The van der Waals surface area contributed by atoms with Gasteiger partial charge >= 0.3 is 0 Å². The normalized spacial score (nSPS) is 16.7. The van der Waals surface area contributed by atoms with E-state index < -0.39 is 10.3 Å². The Hall–Kier alpha value is -1.16. The highest BCUT2D eigenvalue weighted by molar-refractivity contribution is 8.30. The molecule has 3 nitrogen and oxygen atoms in total. The zero-order chi connectivity index (χ0) is 14.0. The van der Waals surface area contributed by atoms with Crippen molar-refractivity contribution in [1.82, 2.24) is 0 Å². The van der Waals surface area contributed by atoms with Crippen LogP contribution in [0.4, 0.5) is 5.69 Å². The lowest BCUT2D eigenvalue weighted by molar-refractivity contribution is 0.581. The fourth-order valence-corrected chi connectivity index (χ4v) is 3.32. The standard InChI is InChI=1S/C14H24N2OS.H2/c1-6-18(5,14(2,3)4)17-12-7-8-13(16)11(9-12)10-15;/h7-10,15H,6,16H2,1-5H3;1H. The Labute approximate surface area is 113 Å². The molecule has 1 unspecified atom stereocenters. The average molecular weight is 270 g/mol. The Morgan fingerprint density at radius 3 is 2.50 bits per heavy atom. The predicted octanol–water partition coefficient (Wildman–Crippen LogP) is 4.06. The number of rotatable bonds is 4. The molecule has 1 rings (SSSR count). The molecule has 0 aliphatic rings. The van der Waals surface area contributed by atoms with Crippen LogP contribution < -0.4 is 9.92 Å². The summed E-state index contributed by atoms with van der Waals surface area (Å²) in [5, 5.41) is 7.33. The lowest BCUT2D eigenvalue weighted by Gasteiger charge is -2.46. The number of hydrogen-bond donors (Lipinski definition) is 2. The van der Waals surface area contributed by atoms with Gasteiger partial charge in [0.1, 0.15) is 5.75 Å².